The summed E-state index contributed by atoms with van der Waals surface area (Å²) in [5.74, 6) is 1.19. The second-order valence-corrected chi connectivity index (χ2v) is 8.75. The minimum absolute atomic E-state index is 0.00235. The summed E-state index contributed by atoms with van der Waals surface area (Å²) in [6.07, 6.45) is 1.71. The van der Waals surface area contributed by atoms with Crippen molar-refractivity contribution in [1.29, 1.82) is 0 Å². The fourth-order valence-corrected chi connectivity index (χ4v) is 4.80. The molecular formula is C22H22ClN3O3S. The Bertz CT molecular complexity index is 1100. The number of thioether (sulfide) groups is 1. The van der Waals surface area contributed by atoms with Crippen LogP contribution in [0.1, 0.15) is 24.2 Å². The van der Waals surface area contributed by atoms with Crippen LogP contribution in [-0.2, 0) is 4.79 Å². The zero-order valence-corrected chi connectivity index (χ0v) is 18.2. The van der Waals surface area contributed by atoms with Crippen molar-refractivity contribution >= 4 is 51.8 Å². The quantitative estimate of drug-likeness (QED) is 0.596. The predicted octanol–water partition coefficient (Wildman–Crippen LogP) is 4.76. The van der Waals surface area contributed by atoms with Crippen molar-refractivity contribution < 1.29 is 14.3 Å². The standard InChI is InChI=1S/C22H22ClN3O3S/c1-13(2)29-20-8-7-14(9-17(20)23)25-21(27)19-11-30-12-26(19)22(28)16-10-24-18-6-4-3-5-15(16)18/h3-10,13,19,24H,11-12H2,1-2H3,(H,25,27). The number of halogens is 1. The maximum Gasteiger partial charge on any atom is 0.257 e. The Morgan fingerprint density at radius 1 is 1.27 bits per heavy atom. The molecule has 0 saturated carbocycles. The molecule has 0 aliphatic carbocycles. The first kappa shape index (κ1) is 20.6. The van der Waals surface area contributed by atoms with Crippen LogP contribution in [0.2, 0.25) is 5.02 Å². The van der Waals surface area contributed by atoms with E-state index < -0.39 is 6.04 Å². The van der Waals surface area contributed by atoms with Crippen molar-refractivity contribution in [3.8, 4) is 5.75 Å². The normalized spacial score (nSPS) is 16.3. The number of hydrogen-bond donors (Lipinski definition) is 2. The number of hydrogen-bond acceptors (Lipinski definition) is 4. The number of para-hydroxylation sites is 1. The molecule has 4 rings (SSSR count). The number of H-pyrrole nitrogens is 1. The third kappa shape index (κ3) is 4.13. The average molecular weight is 444 g/mol. The Morgan fingerprint density at radius 2 is 2.07 bits per heavy atom. The van der Waals surface area contributed by atoms with Gasteiger partial charge in [-0.25, -0.2) is 0 Å². The van der Waals surface area contributed by atoms with E-state index in [1.54, 1.807) is 41.1 Å². The Labute approximate surface area is 183 Å². The van der Waals surface area contributed by atoms with Gasteiger partial charge in [0.1, 0.15) is 11.8 Å². The molecule has 1 aliphatic heterocycles. The Morgan fingerprint density at radius 3 is 2.83 bits per heavy atom. The van der Waals surface area contributed by atoms with E-state index in [2.05, 4.69) is 10.3 Å². The second kappa shape index (κ2) is 8.62. The minimum Gasteiger partial charge on any atom is -0.489 e. The molecule has 1 saturated heterocycles. The number of nitrogens with zero attached hydrogens (tertiary/aromatic N) is 1. The summed E-state index contributed by atoms with van der Waals surface area (Å²) >= 11 is 7.83. The van der Waals surface area contributed by atoms with E-state index in [1.807, 2.05) is 38.1 Å². The molecule has 6 nitrogen and oxygen atoms in total. The van der Waals surface area contributed by atoms with E-state index in [0.717, 1.165) is 10.9 Å². The summed E-state index contributed by atoms with van der Waals surface area (Å²) in [6, 6.07) is 12.2. The van der Waals surface area contributed by atoms with Gasteiger partial charge in [0.05, 0.1) is 22.6 Å². The number of benzene rings is 2. The molecule has 2 heterocycles. The van der Waals surface area contributed by atoms with Gasteiger partial charge in [0.15, 0.2) is 0 Å². The fourth-order valence-electron chi connectivity index (χ4n) is 3.42. The lowest BCUT2D eigenvalue weighted by molar-refractivity contribution is -0.119. The maximum absolute atomic E-state index is 13.2. The summed E-state index contributed by atoms with van der Waals surface area (Å²) in [4.78, 5) is 30.8. The largest absolute Gasteiger partial charge is 0.489 e. The molecule has 1 aromatic heterocycles. The van der Waals surface area contributed by atoms with Gasteiger partial charge in [0.25, 0.3) is 5.91 Å². The summed E-state index contributed by atoms with van der Waals surface area (Å²) in [7, 11) is 0. The number of ether oxygens (including phenoxy) is 1. The van der Waals surface area contributed by atoms with Crippen molar-refractivity contribution in [1.82, 2.24) is 9.88 Å². The Hall–Kier alpha value is -2.64. The van der Waals surface area contributed by atoms with E-state index in [0.29, 0.717) is 33.7 Å². The lowest BCUT2D eigenvalue weighted by Crippen LogP contribution is -2.44. The molecule has 8 heteroatoms. The highest BCUT2D eigenvalue weighted by Gasteiger charge is 2.36. The monoisotopic (exact) mass is 443 g/mol. The SMILES string of the molecule is CC(C)Oc1ccc(NC(=O)C2CSCN2C(=O)c2c[nH]c3ccccc23)cc1Cl. The minimum atomic E-state index is -0.554. The highest BCUT2D eigenvalue weighted by molar-refractivity contribution is 7.99. The summed E-state index contributed by atoms with van der Waals surface area (Å²) in [6.45, 7) is 3.84. The number of aromatic amines is 1. The second-order valence-electron chi connectivity index (χ2n) is 7.34. The van der Waals surface area contributed by atoms with Gasteiger partial charge >= 0.3 is 0 Å². The van der Waals surface area contributed by atoms with Gasteiger partial charge in [-0.1, -0.05) is 29.8 Å². The molecule has 0 radical (unpaired) electrons. The molecule has 1 fully saturated rings. The van der Waals surface area contributed by atoms with Crippen molar-refractivity contribution in [2.45, 2.75) is 26.0 Å². The lowest BCUT2D eigenvalue weighted by atomic mass is 10.1. The number of nitrogens with one attached hydrogen (secondary N) is 2. The highest BCUT2D eigenvalue weighted by Crippen LogP contribution is 2.30. The molecule has 3 aromatic rings. The van der Waals surface area contributed by atoms with E-state index in [1.165, 1.54) is 0 Å². The van der Waals surface area contributed by atoms with Gasteiger partial charge in [0, 0.05) is 28.5 Å². The number of aromatic nitrogens is 1. The molecule has 30 heavy (non-hydrogen) atoms. The first-order valence-electron chi connectivity index (χ1n) is 9.66. The predicted molar refractivity (Wildman–Crippen MR) is 121 cm³/mol. The van der Waals surface area contributed by atoms with Gasteiger partial charge in [-0.05, 0) is 38.1 Å². The van der Waals surface area contributed by atoms with Crippen molar-refractivity contribution in [2.24, 2.45) is 0 Å². The van der Waals surface area contributed by atoms with E-state index >= 15 is 0 Å². The van der Waals surface area contributed by atoms with Gasteiger partial charge in [0.2, 0.25) is 5.91 Å². The van der Waals surface area contributed by atoms with Gasteiger partial charge in [-0.15, -0.1) is 11.8 Å². The first-order chi connectivity index (χ1) is 14.4. The number of anilines is 1. The molecule has 1 atom stereocenters. The van der Waals surface area contributed by atoms with Crippen molar-refractivity contribution in [2.75, 3.05) is 16.9 Å². The maximum atomic E-state index is 13.2. The number of fused-ring (bicyclic) bond motifs is 1. The topological polar surface area (TPSA) is 74.4 Å². The molecule has 0 bridgehead atoms. The number of carbonyl (C=O) groups excluding carboxylic acids is 2. The molecule has 2 N–H and O–H groups in total. The van der Waals surface area contributed by atoms with Crippen molar-refractivity contribution in [3.63, 3.8) is 0 Å². The first-order valence-corrected chi connectivity index (χ1v) is 11.2. The summed E-state index contributed by atoms with van der Waals surface area (Å²) in [5.41, 5.74) is 2.04. The smallest absolute Gasteiger partial charge is 0.257 e. The molecule has 156 valence electrons. The average Bonchev–Trinajstić information content (AvgIpc) is 3.36. The number of carbonyl (C=O) groups is 2. The highest BCUT2D eigenvalue weighted by atomic mass is 35.5. The van der Waals surface area contributed by atoms with E-state index in [4.69, 9.17) is 16.3 Å². The van der Waals surface area contributed by atoms with Crippen molar-refractivity contribution in [3.05, 3.63) is 59.2 Å². The third-order valence-corrected chi connectivity index (χ3v) is 6.14. The summed E-state index contributed by atoms with van der Waals surface area (Å²) in [5, 5.41) is 4.16. The Kier molecular flexibility index (Phi) is 5.92. The molecule has 0 spiro atoms. The van der Waals surface area contributed by atoms with Crippen LogP contribution in [0.4, 0.5) is 5.69 Å². The van der Waals surface area contributed by atoms with Crippen LogP contribution in [0.3, 0.4) is 0 Å². The van der Waals surface area contributed by atoms with Crippen LogP contribution in [0.5, 0.6) is 5.75 Å². The van der Waals surface area contributed by atoms with Crippen LogP contribution < -0.4 is 10.1 Å². The van der Waals surface area contributed by atoms with Gasteiger partial charge in [-0.3, -0.25) is 9.59 Å². The van der Waals surface area contributed by atoms with E-state index in [9.17, 15) is 9.59 Å². The van der Waals surface area contributed by atoms with Crippen LogP contribution in [0.15, 0.2) is 48.7 Å². The van der Waals surface area contributed by atoms with E-state index in [-0.39, 0.29) is 17.9 Å². The number of amides is 2. The van der Waals surface area contributed by atoms with Crippen LogP contribution in [0, 0.1) is 0 Å². The number of rotatable bonds is 5. The van der Waals surface area contributed by atoms with Crippen LogP contribution >= 0.6 is 23.4 Å². The molecular weight excluding hydrogens is 422 g/mol. The fraction of sp³-hybridized carbons (Fsp3) is 0.273. The zero-order valence-electron chi connectivity index (χ0n) is 16.6. The van der Waals surface area contributed by atoms with Gasteiger partial charge < -0.3 is 19.9 Å². The molecule has 2 amide bonds. The van der Waals surface area contributed by atoms with Crippen LogP contribution in [-0.4, -0.2) is 45.5 Å². The van der Waals surface area contributed by atoms with Crippen LogP contribution in [0.25, 0.3) is 10.9 Å². The molecule has 1 aliphatic rings. The van der Waals surface area contributed by atoms with Gasteiger partial charge in [-0.2, -0.15) is 0 Å². The Balaban J connectivity index is 1.50. The molecule has 2 aromatic carbocycles. The third-order valence-electron chi connectivity index (χ3n) is 4.83. The summed E-state index contributed by atoms with van der Waals surface area (Å²) < 4.78 is 5.63. The zero-order chi connectivity index (χ0) is 21.3. The lowest BCUT2D eigenvalue weighted by Gasteiger charge is -2.23. The molecule has 1 unspecified atom stereocenters.